The Kier molecular flexibility index (Phi) is 3.20. The number of ether oxygens (including phenoxy) is 2. The van der Waals surface area contributed by atoms with Crippen molar-refractivity contribution in [2.24, 2.45) is 0 Å². The van der Waals surface area contributed by atoms with Crippen LogP contribution < -0.4 is 9.64 Å². The molecule has 96 valence electrons. The fraction of sp³-hybridized carbons (Fsp3) is 0.333. The summed E-state index contributed by atoms with van der Waals surface area (Å²) in [5, 5.41) is 9.11. The summed E-state index contributed by atoms with van der Waals surface area (Å²) in [7, 11) is 2.82. The summed E-state index contributed by atoms with van der Waals surface area (Å²) in [5.74, 6) is -0.896. The van der Waals surface area contributed by atoms with Crippen LogP contribution in [0, 0.1) is 0 Å². The lowest BCUT2D eigenvalue weighted by atomic mass is 9.96. The molecule has 1 fully saturated rings. The number of hydrogen-bond donors (Lipinski definition) is 1. The summed E-state index contributed by atoms with van der Waals surface area (Å²) < 4.78 is 9.92. The fourth-order valence-corrected chi connectivity index (χ4v) is 1.98. The molecule has 0 bridgehead atoms. The molecule has 0 aromatic heterocycles. The second-order valence-electron chi connectivity index (χ2n) is 3.85. The molecule has 1 aromatic rings. The maximum absolute atomic E-state index is 11.8. The van der Waals surface area contributed by atoms with Gasteiger partial charge in [0.05, 0.1) is 7.11 Å². The van der Waals surface area contributed by atoms with Gasteiger partial charge in [0.15, 0.2) is 12.1 Å². The van der Waals surface area contributed by atoms with E-state index in [9.17, 15) is 9.59 Å². The number of carboxylic acid groups (broad SMARTS) is 1. The van der Waals surface area contributed by atoms with Gasteiger partial charge in [0.25, 0.3) is 5.91 Å². The van der Waals surface area contributed by atoms with Gasteiger partial charge in [0.2, 0.25) is 0 Å². The molecule has 0 spiro atoms. The van der Waals surface area contributed by atoms with Crippen molar-refractivity contribution in [3.05, 3.63) is 24.3 Å². The summed E-state index contributed by atoms with van der Waals surface area (Å²) in [4.78, 5) is 24.1. The van der Waals surface area contributed by atoms with E-state index in [2.05, 4.69) is 0 Å². The number of carboxylic acids is 1. The molecule has 0 saturated carbocycles. The van der Waals surface area contributed by atoms with Crippen molar-refractivity contribution < 1.29 is 24.2 Å². The number of nitrogens with zero attached hydrogens (tertiary/aromatic N) is 1. The topological polar surface area (TPSA) is 76.1 Å². The number of methoxy groups -OCH3 is 2. The predicted molar refractivity (Wildman–Crippen MR) is 62.7 cm³/mol. The van der Waals surface area contributed by atoms with E-state index in [1.54, 1.807) is 24.3 Å². The Morgan fingerprint density at radius 3 is 2.67 bits per heavy atom. The lowest BCUT2D eigenvalue weighted by molar-refractivity contribution is -0.155. The number of carbonyl (C=O) groups is 2. The third-order valence-corrected chi connectivity index (χ3v) is 2.88. The Morgan fingerprint density at radius 2 is 2.11 bits per heavy atom. The molecule has 1 aromatic carbocycles. The van der Waals surface area contributed by atoms with Crippen LogP contribution in [-0.4, -0.2) is 43.3 Å². The molecule has 1 N–H and O–H groups in total. The van der Waals surface area contributed by atoms with Gasteiger partial charge in [-0.15, -0.1) is 0 Å². The van der Waals surface area contributed by atoms with Crippen molar-refractivity contribution in [2.45, 2.75) is 12.1 Å². The monoisotopic (exact) mass is 251 g/mol. The highest BCUT2D eigenvalue weighted by Crippen LogP contribution is 2.32. The van der Waals surface area contributed by atoms with Crippen LogP contribution in [0.25, 0.3) is 0 Å². The van der Waals surface area contributed by atoms with Crippen molar-refractivity contribution in [3.8, 4) is 5.75 Å². The van der Waals surface area contributed by atoms with Gasteiger partial charge in [-0.1, -0.05) is 6.07 Å². The summed E-state index contributed by atoms with van der Waals surface area (Å²) in [6, 6.07) is 5.69. The van der Waals surface area contributed by atoms with E-state index in [-0.39, 0.29) is 5.91 Å². The van der Waals surface area contributed by atoms with E-state index >= 15 is 0 Å². The minimum atomic E-state index is -1.09. The molecule has 1 heterocycles. The predicted octanol–water partition coefficient (Wildman–Crippen LogP) is 0.510. The first-order chi connectivity index (χ1) is 8.60. The SMILES string of the molecule is COc1cccc(N2C(=O)[C@@H](OC)[C@@H]2C(=O)O)c1. The maximum atomic E-state index is 11.8. The highest BCUT2D eigenvalue weighted by molar-refractivity contribution is 6.12. The summed E-state index contributed by atoms with van der Waals surface area (Å²) in [6.45, 7) is 0. The number of anilines is 1. The molecule has 1 amide bonds. The average Bonchev–Trinajstić information content (AvgIpc) is 2.36. The van der Waals surface area contributed by atoms with E-state index in [0.29, 0.717) is 11.4 Å². The lowest BCUT2D eigenvalue weighted by Gasteiger charge is -2.43. The Balaban J connectivity index is 2.31. The second kappa shape index (κ2) is 4.66. The quantitative estimate of drug-likeness (QED) is 0.789. The first-order valence-electron chi connectivity index (χ1n) is 5.33. The number of rotatable bonds is 4. The van der Waals surface area contributed by atoms with E-state index < -0.39 is 18.1 Å². The van der Waals surface area contributed by atoms with Crippen LogP contribution in [0.15, 0.2) is 24.3 Å². The molecule has 18 heavy (non-hydrogen) atoms. The minimum Gasteiger partial charge on any atom is -0.497 e. The van der Waals surface area contributed by atoms with Crippen molar-refractivity contribution in [2.75, 3.05) is 19.1 Å². The van der Waals surface area contributed by atoms with E-state index in [1.165, 1.54) is 19.1 Å². The van der Waals surface area contributed by atoms with Crippen molar-refractivity contribution in [3.63, 3.8) is 0 Å². The average molecular weight is 251 g/mol. The van der Waals surface area contributed by atoms with E-state index in [4.69, 9.17) is 14.6 Å². The third-order valence-electron chi connectivity index (χ3n) is 2.88. The summed E-state index contributed by atoms with van der Waals surface area (Å²) in [6.07, 6.45) is -0.922. The third kappa shape index (κ3) is 1.80. The standard InChI is InChI=1S/C12H13NO5/c1-17-8-5-3-4-7(6-8)13-9(12(15)16)10(18-2)11(13)14/h3-6,9-10H,1-2H3,(H,15,16)/t9-,10+/m1/s1. The molecular weight excluding hydrogens is 238 g/mol. The van der Waals surface area contributed by atoms with Crippen molar-refractivity contribution in [1.82, 2.24) is 0 Å². The van der Waals surface area contributed by atoms with Crippen LogP contribution in [0.3, 0.4) is 0 Å². The zero-order valence-electron chi connectivity index (χ0n) is 9.99. The number of benzene rings is 1. The largest absolute Gasteiger partial charge is 0.497 e. The zero-order valence-corrected chi connectivity index (χ0v) is 9.99. The number of carbonyl (C=O) groups excluding carboxylic acids is 1. The fourth-order valence-electron chi connectivity index (χ4n) is 1.98. The Morgan fingerprint density at radius 1 is 1.39 bits per heavy atom. The second-order valence-corrected chi connectivity index (χ2v) is 3.85. The number of β-lactam (4-membered cyclic amide) rings is 1. The van der Waals surface area contributed by atoms with Crippen LogP contribution in [-0.2, 0) is 14.3 Å². The first-order valence-corrected chi connectivity index (χ1v) is 5.33. The van der Waals surface area contributed by atoms with E-state index in [1.807, 2.05) is 0 Å². The first kappa shape index (κ1) is 12.4. The highest BCUT2D eigenvalue weighted by atomic mass is 16.5. The Labute approximate surface area is 104 Å². The maximum Gasteiger partial charge on any atom is 0.330 e. The molecule has 6 nitrogen and oxygen atoms in total. The molecule has 1 aliphatic heterocycles. The molecule has 0 radical (unpaired) electrons. The number of amides is 1. The van der Waals surface area contributed by atoms with E-state index in [0.717, 1.165) is 0 Å². The van der Waals surface area contributed by atoms with Crippen molar-refractivity contribution >= 4 is 17.6 Å². The van der Waals surface area contributed by atoms with Crippen LogP contribution in [0.5, 0.6) is 5.75 Å². The van der Waals surface area contributed by atoms with Gasteiger partial charge in [-0.3, -0.25) is 9.69 Å². The van der Waals surface area contributed by atoms with Gasteiger partial charge in [-0.05, 0) is 12.1 Å². The summed E-state index contributed by atoms with van der Waals surface area (Å²) >= 11 is 0. The molecule has 0 unspecified atom stereocenters. The molecular formula is C12H13NO5. The molecule has 0 aliphatic carbocycles. The Hall–Kier alpha value is -2.08. The van der Waals surface area contributed by atoms with Gasteiger partial charge in [-0.25, -0.2) is 4.79 Å². The smallest absolute Gasteiger partial charge is 0.330 e. The highest BCUT2D eigenvalue weighted by Gasteiger charge is 2.53. The number of aliphatic carboxylic acids is 1. The molecule has 1 aliphatic rings. The Bertz CT molecular complexity index is 487. The van der Waals surface area contributed by atoms with Gasteiger partial charge >= 0.3 is 5.97 Å². The zero-order chi connectivity index (χ0) is 13.3. The number of hydrogen-bond acceptors (Lipinski definition) is 4. The summed E-state index contributed by atoms with van der Waals surface area (Å²) in [5.41, 5.74) is 0.486. The van der Waals surface area contributed by atoms with Gasteiger partial charge in [-0.2, -0.15) is 0 Å². The van der Waals surface area contributed by atoms with Gasteiger partial charge < -0.3 is 14.6 Å². The molecule has 2 rings (SSSR count). The van der Waals surface area contributed by atoms with Crippen molar-refractivity contribution in [1.29, 1.82) is 0 Å². The molecule has 1 saturated heterocycles. The normalized spacial score (nSPS) is 22.6. The van der Waals surface area contributed by atoms with Crippen LogP contribution in [0.4, 0.5) is 5.69 Å². The van der Waals surface area contributed by atoms with Crippen LogP contribution in [0.2, 0.25) is 0 Å². The van der Waals surface area contributed by atoms with Gasteiger partial charge in [0, 0.05) is 18.9 Å². The molecule has 6 heteroatoms. The van der Waals surface area contributed by atoms with Gasteiger partial charge in [0.1, 0.15) is 5.75 Å². The minimum absolute atomic E-state index is 0.363. The van der Waals surface area contributed by atoms with Crippen LogP contribution >= 0.6 is 0 Å². The van der Waals surface area contributed by atoms with Crippen LogP contribution in [0.1, 0.15) is 0 Å². The molecule has 2 atom stereocenters. The lowest BCUT2D eigenvalue weighted by Crippen LogP contribution is -2.69.